The summed E-state index contributed by atoms with van der Waals surface area (Å²) < 4.78 is 33.3. The number of rotatable bonds is 5. The van der Waals surface area contributed by atoms with Crippen LogP contribution in [0.3, 0.4) is 0 Å². The van der Waals surface area contributed by atoms with E-state index in [1.165, 1.54) is 0 Å². The summed E-state index contributed by atoms with van der Waals surface area (Å²) >= 11 is 0. The fourth-order valence-corrected chi connectivity index (χ4v) is 3.19. The first-order chi connectivity index (χ1) is 13.6. The van der Waals surface area contributed by atoms with Crippen LogP contribution in [0.5, 0.6) is 0 Å². The molecule has 4 rings (SSSR count). The molecule has 1 atom stereocenters. The molecule has 1 fully saturated rings. The van der Waals surface area contributed by atoms with Crippen molar-refractivity contribution in [3.63, 3.8) is 0 Å². The number of amides is 1. The average molecular weight is 384 g/mol. The molecule has 3 aromatic rings. The van der Waals surface area contributed by atoms with Crippen LogP contribution in [0.4, 0.5) is 14.8 Å². The van der Waals surface area contributed by atoms with Gasteiger partial charge in [0.2, 0.25) is 5.89 Å². The summed E-state index contributed by atoms with van der Waals surface area (Å²) in [7, 11) is 0. The van der Waals surface area contributed by atoms with Crippen LogP contribution in [0.1, 0.15) is 40.7 Å². The number of nitrogens with one attached hydrogen (secondary N) is 1. The standard InChI is InChI=1S/C20H18F2N4O2/c21-14-8-9-16(22)15(12-14)18(27)23-17(13-6-2-1-3-7-13)19-24-25-20(28-19)26-10-4-5-11-26/h1-3,6-9,12,17H,4-5,10-11H2,(H,23,27)/t17-/m0/s1. The molecular formula is C20H18F2N4O2. The van der Waals surface area contributed by atoms with Gasteiger partial charge in [-0.05, 0) is 36.6 Å². The van der Waals surface area contributed by atoms with Crippen molar-refractivity contribution in [1.82, 2.24) is 15.5 Å². The molecule has 144 valence electrons. The van der Waals surface area contributed by atoms with Crippen LogP contribution < -0.4 is 10.2 Å². The number of benzene rings is 2. The Morgan fingerprint density at radius 2 is 1.82 bits per heavy atom. The fraction of sp³-hybridized carbons (Fsp3) is 0.250. The van der Waals surface area contributed by atoms with E-state index in [4.69, 9.17) is 4.42 Å². The van der Waals surface area contributed by atoms with Gasteiger partial charge in [0.1, 0.15) is 17.7 Å². The van der Waals surface area contributed by atoms with Crippen molar-refractivity contribution in [3.05, 3.63) is 77.2 Å². The molecule has 2 heterocycles. The highest BCUT2D eigenvalue weighted by Crippen LogP contribution is 2.26. The number of aromatic nitrogens is 2. The minimum atomic E-state index is -0.811. The minimum absolute atomic E-state index is 0.179. The smallest absolute Gasteiger partial charge is 0.318 e. The van der Waals surface area contributed by atoms with Gasteiger partial charge in [0.15, 0.2) is 0 Å². The Labute approximate surface area is 160 Å². The van der Waals surface area contributed by atoms with Crippen molar-refractivity contribution >= 4 is 11.9 Å². The van der Waals surface area contributed by atoms with Gasteiger partial charge in [0.05, 0.1) is 5.56 Å². The maximum absolute atomic E-state index is 14.0. The summed E-state index contributed by atoms with van der Waals surface area (Å²) in [5.41, 5.74) is 0.296. The van der Waals surface area contributed by atoms with Gasteiger partial charge in [-0.1, -0.05) is 35.4 Å². The second kappa shape index (κ2) is 7.75. The normalized spacial score (nSPS) is 14.9. The van der Waals surface area contributed by atoms with E-state index in [0.29, 0.717) is 11.6 Å². The van der Waals surface area contributed by atoms with Gasteiger partial charge in [0, 0.05) is 13.1 Å². The zero-order valence-electron chi connectivity index (χ0n) is 14.9. The second-order valence-electron chi connectivity index (χ2n) is 6.56. The summed E-state index contributed by atoms with van der Waals surface area (Å²) in [5.74, 6) is -2.10. The SMILES string of the molecule is O=C(N[C@@H](c1ccccc1)c1nnc(N2CCCC2)o1)c1cc(F)ccc1F. The molecule has 0 unspecified atom stereocenters. The van der Waals surface area contributed by atoms with Crippen LogP contribution in [0, 0.1) is 11.6 Å². The van der Waals surface area contributed by atoms with Crippen molar-refractivity contribution in [1.29, 1.82) is 0 Å². The second-order valence-corrected chi connectivity index (χ2v) is 6.56. The number of carbonyl (C=O) groups excluding carboxylic acids is 1. The molecule has 0 bridgehead atoms. The number of hydrogen-bond donors (Lipinski definition) is 1. The monoisotopic (exact) mass is 384 g/mol. The highest BCUT2D eigenvalue weighted by atomic mass is 19.1. The molecule has 1 N–H and O–H groups in total. The van der Waals surface area contributed by atoms with Crippen LogP contribution in [-0.4, -0.2) is 29.2 Å². The number of carbonyl (C=O) groups is 1. The third-order valence-electron chi connectivity index (χ3n) is 4.63. The van der Waals surface area contributed by atoms with Crippen LogP contribution >= 0.6 is 0 Å². The molecule has 6 nitrogen and oxygen atoms in total. The molecule has 0 aliphatic carbocycles. The van der Waals surface area contributed by atoms with Gasteiger partial charge in [0.25, 0.3) is 5.91 Å². The number of halogens is 2. The Hall–Kier alpha value is -3.29. The molecule has 1 aromatic heterocycles. The van der Waals surface area contributed by atoms with Gasteiger partial charge in [-0.25, -0.2) is 8.78 Å². The molecule has 2 aromatic carbocycles. The first kappa shape index (κ1) is 18.1. The molecule has 0 radical (unpaired) electrons. The Morgan fingerprint density at radius 3 is 2.57 bits per heavy atom. The molecule has 0 spiro atoms. The first-order valence-electron chi connectivity index (χ1n) is 9.01. The first-order valence-corrected chi connectivity index (χ1v) is 9.01. The summed E-state index contributed by atoms with van der Waals surface area (Å²) in [6.45, 7) is 1.66. The quantitative estimate of drug-likeness (QED) is 0.729. The third kappa shape index (κ3) is 3.71. The van der Waals surface area contributed by atoms with E-state index in [2.05, 4.69) is 15.5 Å². The number of hydrogen-bond acceptors (Lipinski definition) is 5. The van der Waals surface area contributed by atoms with E-state index >= 15 is 0 Å². The Kier molecular flexibility index (Phi) is 5.01. The summed E-state index contributed by atoms with van der Waals surface area (Å²) in [6, 6.07) is 11.3. The maximum atomic E-state index is 14.0. The van der Waals surface area contributed by atoms with E-state index in [1.54, 1.807) is 24.3 Å². The van der Waals surface area contributed by atoms with Crippen LogP contribution in [0.15, 0.2) is 52.9 Å². The predicted octanol–water partition coefficient (Wildman–Crippen LogP) is 3.47. The molecular weight excluding hydrogens is 366 g/mol. The third-order valence-corrected chi connectivity index (χ3v) is 4.63. The van der Waals surface area contributed by atoms with Crippen LogP contribution in [-0.2, 0) is 0 Å². The molecule has 8 heteroatoms. The zero-order chi connectivity index (χ0) is 19.5. The van der Waals surface area contributed by atoms with Gasteiger partial charge in [-0.3, -0.25) is 4.79 Å². The van der Waals surface area contributed by atoms with E-state index in [1.807, 2.05) is 11.0 Å². The number of nitrogens with zero attached hydrogens (tertiary/aromatic N) is 3. The molecule has 1 amide bonds. The van der Waals surface area contributed by atoms with Gasteiger partial charge in [-0.2, -0.15) is 0 Å². The lowest BCUT2D eigenvalue weighted by atomic mass is 10.1. The number of anilines is 1. The van der Waals surface area contributed by atoms with Crippen molar-refractivity contribution < 1.29 is 18.0 Å². The molecule has 1 aliphatic rings. The predicted molar refractivity (Wildman–Crippen MR) is 97.9 cm³/mol. The van der Waals surface area contributed by atoms with Crippen LogP contribution in [0.2, 0.25) is 0 Å². The van der Waals surface area contributed by atoms with E-state index in [9.17, 15) is 13.6 Å². The van der Waals surface area contributed by atoms with Crippen molar-refractivity contribution in [2.75, 3.05) is 18.0 Å². The van der Waals surface area contributed by atoms with E-state index in [0.717, 1.165) is 44.1 Å². The van der Waals surface area contributed by atoms with Gasteiger partial charge >= 0.3 is 6.01 Å². The molecule has 1 saturated heterocycles. The Bertz CT molecular complexity index is 971. The largest absolute Gasteiger partial charge is 0.405 e. The van der Waals surface area contributed by atoms with Gasteiger partial charge in [-0.15, -0.1) is 5.10 Å². The zero-order valence-corrected chi connectivity index (χ0v) is 14.9. The fourth-order valence-electron chi connectivity index (χ4n) is 3.19. The topological polar surface area (TPSA) is 71.3 Å². The lowest BCUT2D eigenvalue weighted by molar-refractivity contribution is 0.0933. The maximum Gasteiger partial charge on any atom is 0.318 e. The molecule has 1 aliphatic heterocycles. The Morgan fingerprint density at radius 1 is 1.07 bits per heavy atom. The van der Waals surface area contributed by atoms with Crippen molar-refractivity contribution in [2.45, 2.75) is 18.9 Å². The van der Waals surface area contributed by atoms with Crippen LogP contribution in [0.25, 0.3) is 0 Å². The van der Waals surface area contributed by atoms with E-state index < -0.39 is 23.6 Å². The molecule has 28 heavy (non-hydrogen) atoms. The molecule has 0 saturated carbocycles. The Balaban J connectivity index is 1.65. The summed E-state index contributed by atoms with van der Waals surface area (Å²) in [4.78, 5) is 14.6. The summed E-state index contributed by atoms with van der Waals surface area (Å²) in [6.07, 6.45) is 2.10. The van der Waals surface area contributed by atoms with E-state index in [-0.39, 0.29) is 11.5 Å². The lowest BCUT2D eigenvalue weighted by Gasteiger charge is -2.16. The lowest BCUT2D eigenvalue weighted by Crippen LogP contribution is -2.30. The van der Waals surface area contributed by atoms with Crippen molar-refractivity contribution in [2.24, 2.45) is 0 Å². The van der Waals surface area contributed by atoms with Crippen molar-refractivity contribution in [3.8, 4) is 0 Å². The summed E-state index contributed by atoms with van der Waals surface area (Å²) in [5, 5.41) is 10.8. The minimum Gasteiger partial charge on any atom is -0.405 e. The highest BCUT2D eigenvalue weighted by molar-refractivity contribution is 5.94. The highest BCUT2D eigenvalue weighted by Gasteiger charge is 2.27. The van der Waals surface area contributed by atoms with Gasteiger partial charge < -0.3 is 14.6 Å². The average Bonchev–Trinajstić information content (AvgIpc) is 3.40.